The molecule has 2 aromatic carbocycles. The van der Waals surface area contributed by atoms with Gasteiger partial charge in [-0.3, -0.25) is 0 Å². The number of halogens is 1. The second-order valence-corrected chi connectivity index (χ2v) is 5.51. The summed E-state index contributed by atoms with van der Waals surface area (Å²) in [7, 11) is 0. The van der Waals surface area contributed by atoms with E-state index in [-0.39, 0.29) is 6.04 Å². The van der Waals surface area contributed by atoms with E-state index in [1.807, 2.05) is 49.4 Å². The highest BCUT2D eigenvalue weighted by Gasteiger charge is 2.05. The summed E-state index contributed by atoms with van der Waals surface area (Å²) in [6, 6.07) is 14.1. The Balaban J connectivity index is 2.17. The van der Waals surface area contributed by atoms with Crippen LogP contribution in [0.15, 0.2) is 46.9 Å². The van der Waals surface area contributed by atoms with Crippen molar-refractivity contribution in [1.29, 1.82) is 0 Å². The van der Waals surface area contributed by atoms with Crippen LogP contribution in [0.5, 0.6) is 11.5 Å². The molecule has 0 bridgehead atoms. The maximum Gasteiger partial charge on any atom is 0.131 e. The zero-order valence-corrected chi connectivity index (χ0v) is 12.8. The lowest BCUT2D eigenvalue weighted by Crippen LogP contribution is -2.08. The van der Waals surface area contributed by atoms with E-state index in [1.165, 1.54) is 0 Å². The number of rotatable bonds is 4. The minimum absolute atomic E-state index is 0.0988. The molecule has 1 unspecified atom stereocenters. The predicted molar refractivity (Wildman–Crippen MR) is 82.6 cm³/mol. The summed E-state index contributed by atoms with van der Waals surface area (Å²) in [4.78, 5) is 0. The first-order chi connectivity index (χ1) is 9.10. The Bertz CT molecular complexity index is 551. The van der Waals surface area contributed by atoms with E-state index >= 15 is 0 Å². The number of nitrogens with two attached hydrogens (primary N) is 1. The van der Waals surface area contributed by atoms with Gasteiger partial charge in [0.05, 0.1) is 0 Å². The molecule has 2 rings (SSSR count). The van der Waals surface area contributed by atoms with Gasteiger partial charge in [-0.15, -0.1) is 0 Å². The number of benzene rings is 2. The molecule has 0 aliphatic carbocycles. The molecular formula is C16H18BrNO. The Morgan fingerprint density at radius 3 is 2.47 bits per heavy atom. The van der Waals surface area contributed by atoms with Crippen LogP contribution in [0.1, 0.15) is 30.5 Å². The molecule has 2 N–H and O–H groups in total. The summed E-state index contributed by atoms with van der Waals surface area (Å²) >= 11 is 3.45. The number of aryl methyl sites for hydroxylation is 1. The largest absolute Gasteiger partial charge is 0.457 e. The van der Waals surface area contributed by atoms with Crippen LogP contribution in [0.3, 0.4) is 0 Å². The molecule has 0 fully saturated rings. The third kappa shape index (κ3) is 3.58. The molecule has 0 saturated heterocycles. The lowest BCUT2D eigenvalue weighted by Gasteiger charge is -2.12. The normalized spacial score (nSPS) is 12.2. The first kappa shape index (κ1) is 14.1. The maximum absolute atomic E-state index is 5.99. The van der Waals surface area contributed by atoms with E-state index in [0.29, 0.717) is 0 Å². The monoisotopic (exact) mass is 319 g/mol. The van der Waals surface area contributed by atoms with E-state index < -0.39 is 0 Å². The number of hydrogen-bond acceptors (Lipinski definition) is 2. The standard InChI is InChI=1S/C16H18BrNO/c1-3-15(18)12-5-8-14(9-6-12)19-16-10-13(17)7-4-11(16)2/h4-10,15H,3,18H2,1-2H3. The maximum atomic E-state index is 5.99. The third-order valence-electron chi connectivity index (χ3n) is 3.13. The molecule has 2 nitrogen and oxygen atoms in total. The second kappa shape index (κ2) is 6.22. The molecule has 0 amide bonds. The average molecular weight is 320 g/mol. The van der Waals surface area contributed by atoms with Gasteiger partial charge >= 0.3 is 0 Å². The Morgan fingerprint density at radius 2 is 1.84 bits per heavy atom. The Hall–Kier alpha value is -1.32. The van der Waals surface area contributed by atoms with Crippen molar-refractivity contribution in [3.8, 4) is 11.5 Å². The highest BCUT2D eigenvalue weighted by molar-refractivity contribution is 9.10. The van der Waals surface area contributed by atoms with Gasteiger partial charge in [-0.05, 0) is 48.7 Å². The molecule has 3 heteroatoms. The molecule has 0 radical (unpaired) electrons. The summed E-state index contributed by atoms with van der Waals surface area (Å²) in [5.74, 6) is 1.69. The molecule has 0 spiro atoms. The summed E-state index contributed by atoms with van der Waals surface area (Å²) in [5, 5.41) is 0. The molecular weight excluding hydrogens is 302 g/mol. The van der Waals surface area contributed by atoms with Crippen LogP contribution in [0.4, 0.5) is 0 Å². The zero-order chi connectivity index (χ0) is 13.8. The van der Waals surface area contributed by atoms with Crippen LogP contribution >= 0.6 is 15.9 Å². The summed E-state index contributed by atoms with van der Waals surface area (Å²) in [6.45, 7) is 4.11. The quantitative estimate of drug-likeness (QED) is 0.864. The van der Waals surface area contributed by atoms with Crippen molar-refractivity contribution < 1.29 is 4.74 Å². The summed E-state index contributed by atoms with van der Waals surface area (Å²) in [6.07, 6.45) is 0.935. The van der Waals surface area contributed by atoms with Gasteiger partial charge in [0.2, 0.25) is 0 Å². The fourth-order valence-corrected chi connectivity index (χ4v) is 2.17. The van der Waals surface area contributed by atoms with Gasteiger partial charge in [0.1, 0.15) is 11.5 Å². The molecule has 0 heterocycles. The molecule has 0 aromatic heterocycles. The molecule has 100 valence electrons. The first-order valence-electron chi connectivity index (χ1n) is 6.39. The molecule has 0 aliphatic heterocycles. The van der Waals surface area contributed by atoms with Crippen molar-refractivity contribution in [1.82, 2.24) is 0 Å². The topological polar surface area (TPSA) is 35.2 Å². The summed E-state index contributed by atoms with van der Waals surface area (Å²) < 4.78 is 6.90. The van der Waals surface area contributed by atoms with Crippen molar-refractivity contribution in [3.05, 3.63) is 58.1 Å². The van der Waals surface area contributed by atoms with E-state index in [1.54, 1.807) is 0 Å². The minimum Gasteiger partial charge on any atom is -0.457 e. The highest BCUT2D eigenvalue weighted by Crippen LogP contribution is 2.28. The number of ether oxygens (including phenoxy) is 1. The van der Waals surface area contributed by atoms with Crippen molar-refractivity contribution in [3.63, 3.8) is 0 Å². The van der Waals surface area contributed by atoms with Crippen molar-refractivity contribution >= 4 is 15.9 Å². The van der Waals surface area contributed by atoms with Crippen LogP contribution in [0.2, 0.25) is 0 Å². The van der Waals surface area contributed by atoms with E-state index in [0.717, 1.165) is 33.5 Å². The Morgan fingerprint density at radius 1 is 1.16 bits per heavy atom. The minimum atomic E-state index is 0.0988. The molecule has 1 atom stereocenters. The van der Waals surface area contributed by atoms with Crippen LogP contribution in [0, 0.1) is 6.92 Å². The molecule has 0 aliphatic rings. The van der Waals surface area contributed by atoms with Gasteiger partial charge in [-0.25, -0.2) is 0 Å². The molecule has 19 heavy (non-hydrogen) atoms. The molecule has 2 aromatic rings. The fraction of sp³-hybridized carbons (Fsp3) is 0.250. The smallest absolute Gasteiger partial charge is 0.131 e. The van der Waals surface area contributed by atoms with Gasteiger partial charge in [0, 0.05) is 10.5 Å². The highest BCUT2D eigenvalue weighted by atomic mass is 79.9. The van der Waals surface area contributed by atoms with Crippen molar-refractivity contribution in [2.75, 3.05) is 0 Å². The first-order valence-corrected chi connectivity index (χ1v) is 7.19. The van der Waals surface area contributed by atoms with Crippen molar-refractivity contribution in [2.45, 2.75) is 26.3 Å². The van der Waals surface area contributed by atoms with Crippen molar-refractivity contribution in [2.24, 2.45) is 5.73 Å². The lowest BCUT2D eigenvalue weighted by atomic mass is 10.1. The van der Waals surface area contributed by atoms with Gasteiger partial charge < -0.3 is 10.5 Å². The SMILES string of the molecule is CCC(N)c1ccc(Oc2cc(Br)ccc2C)cc1. The zero-order valence-electron chi connectivity index (χ0n) is 11.2. The predicted octanol–water partition coefficient (Wildman–Crippen LogP) is 4.96. The van der Waals surface area contributed by atoms with Gasteiger partial charge in [0.15, 0.2) is 0 Å². The Kier molecular flexibility index (Phi) is 4.61. The third-order valence-corrected chi connectivity index (χ3v) is 3.62. The second-order valence-electron chi connectivity index (χ2n) is 4.60. The number of hydrogen-bond donors (Lipinski definition) is 1. The van der Waals surface area contributed by atoms with Gasteiger partial charge in [-0.2, -0.15) is 0 Å². The molecule has 0 saturated carbocycles. The summed E-state index contributed by atoms with van der Waals surface area (Å²) in [5.41, 5.74) is 8.24. The van der Waals surface area contributed by atoms with Crippen LogP contribution in [-0.2, 0) is 0 Å². The van der Waals surface area contributed by atoms with Gasteiger partial charge in [0.25, 0.3) is 0 Å². The van der Waals surface area contributed by atoms with E-state index in [4.69, 9.17) is 10.5 Å². The fourth-order valence-electron chi connectivity index (χ4n) is 1.83. The van der Waals surface area contributed by atoms with E-state index in [9.17, 15) is 0 Å². The van der Waals surface area contributed by atoms with Crippen LogP contribution < -0.4 is 10.5 Å². The Labute approximate surface area is 122 Å². The van der Waals surface area contributed by atoms with Gasteiger partial charge in [-0.1, -0.05) is 41.1 Å². The lowest BCUT2D eigenvalue weighted by molar-refractivity contribution is 0.478. The average Bonchev–Trinajstić information content (AvgIpc) is 2.43. The van der Waals surface area contributed by atoms with Crippen LogP contribution in [0.25, 0.3) is 0 Å². The van der Waals surface area contributed by atoms with E-state index in [2.05, 4.69) is 22.9 Å². The van der Waals surface area contributed by atoms with Crippen LogP contribution in [-0.4, -0.2) is 0 Å².